The van der Waals surface area contributed by atoms with Gasteiger partial charge in [0.05, 0.1) is 25.9 Å². The number of benzene rings is 1. The third-order valence-electron chi connectivity index (χ3n) is 4.39. The van der Waals surface area contributed by atoms with Crippen LogP contribution in [0.4, 0.5) is 0 Å². The van der Waals surface area contributed by atoms with Crippen molar-refractivity contribution >= 4 is 21.6 Å². The molecule has 5 nitrogen and oxygen atoms in total. The van der Waals surface area contributed by atoms with Gasteiger partial charge in [-0.1, -0.05) is 24.4 Å². The van der Waals surface area contributed by atoms with Crippen LogP contribution >= 0.6 is 11.6 Å². The average Bonchev–Trinajstić information content (AvgIpc) is 2.54. The molecule has 0 N–H and O–H groups in total. The highest BCUT2D eigenvalue weighted by Gasteiger charge is 2.41. The molecule has 1 aliphatic carbocycles. The number of hydrogen-bond acceptors (Lipinski definition) is 4. The van der Waals surface area contributed by atoms with E-state index in [-0.39, 0.29) is 17.0 Å². The molecule has 0 radical (unpaired) electrons. The zero-order valence-electron chi connectivity index (χ0n) is 12.5. The molecule has 3 rings (SSSR count). The standard InChI is InChI=1S/C15H20ClNO4S/c1-20-14-7-6-11(16)10-15(14)22(18,19)17-8-9-21-13-5-3-2-4-12(13)17/h6-7,10,12-13H,2-5,8-9H2,1H3. The lowest BCUT2D eigenvalue weighted by molar-refractivity contribution is -0.0586. The summed E-state index contributed by atoms with van der Waals surface area (Å²) in [5.41, 5.74) is 0. The lowest BCUT2D eigenvalue weighted by Gasteiger charge is -2.42. The van der Waals surface area contributed by atoms with Crippen LogP contribution in [0.15, 0.2) is 23.1 Å². The van der Waals surface area contributed by atoms with Crippen molar-refractivity contribution < 1.29 is 17.9 Å². The molecule has 0 spiro atoms. The van der Waals surface area contributed by atoms with Crippen LogP contribution in [0.3, 0.4) is 0 Å². The largest absolute Gasteiger partial charge is 0.495 e. The third kappa shape index (κ3) is 2.85. The number of rotatable bonds is 3. The minimum atomic E-state index is -3.65. The third-order valence-corrected chi connectivity index (χ3v) is 6.57. The van der Waals surface area contributed by atoms with Crippen molar-refractivity contribution in [3.63, 3.8) is 0 Å². The van der Waals surface area contributed by atoms with Crippen LogP contribution < -0.4 is 4.74 Å². The Morgan fingerprint density at radius 2 is 2.09 bits per heavy atom. The summed E-state index contributed by atoms with van der Waals surface area (Å²) < 4.78 is 38.8. The van der Waals surface area contributed by atoms with Gasteiger partial charge in [-0.05, 0) is 31.0 Å². The minimum absolute atomic E-state index is 0.00227. The van der Waals surface area contributed by atoms with Gasteiger partial charge in [0.2, 0.25) is 10.0 Å². The van der Waals surface area contributed by atoms with Crippen molar-refractivity contribution in [3.05, 3.63) is 23.2 Å². The molecule has 1 saturated heterocycles. The molecule has 7 heteroatoms. The smallest absolute Gasteiger partial charge is 0.247 e. The van der Waals surface area contributed by atoms with Crippen LogP contribution in [0.5, 0.6) is 5.75 Å². The lowest BCUT2D eigenvalue weighted by Crippen LogP contribution is -2.54. The van der Waals surface area contributed by atoms with Gasteiger partial charge < -0.3 is 9.47 Å². The van der Waals surface area contributed by atoms with Gasteiger partial charge in [0.1, 0.15) is 10.6 Å². The van der Waals surface area contributed by atoms with E-state index in [0.29, 0.717) is 23.9 Å². The van der Waals surface area contributed by atoms with Gasteiger partial charge in [-0.25, -0.2) is 8.42 Å². The SMILES string of the molecule is COc1ccc(Cl)cc1S(=O)(=O)N1CCOC2CCCCC21. The van der Waals surface area contributed by atoms with E-state index in [9.17, 15) is 8.42 Å². The Labute approximate surface area is 136 Å². The molecule has 1 heterocycles. The number of sulfonamides is 1. The van der Waals surface area contributed by atoms with Gasteiger partial charge >= 0.3 is 0 Å². The molecule has 0 aromatic heterocycles. The summed E-state index contributed by atoms with van der Waals surface area (Å²) in [6, 6.07) is 4.59. The zero-order valence-corrected chi connectivity index (χ0v) is 14.1. The van der Waals surface area contributed by atoms with E-state index in [1.807, 2.05) is 0 Å². The Morgan fingerprint density at radius 3 is 2.86 bits per heavy atom. The molecular formula is C15H20ClNO4S. The highest BCUT2D eigenvalue weighted by atomic mass is 35.5. The van der Waals surface area contributed by atoms with E-state index < -0.39 is 10.0 Å². The zero-order chi connectivity index (χ0) is 15.7. The molecule has 2 fully saturated rings. The number of halogens is 1. The molecule has 2 atom stereocenters. The number of methoxy groups -OCH3 is 1. The van der Waals surface area contributed by atoms with Crippen LogP contribution in [-0.4, -0.2) is 45.1 Å². The van der Waals surface area contributed by atoms with Crippen LogP contribution in [-0.2, 0) is 14.8 Å². The molecule has 0 amide bonds. The highest BCUT2D eigenvalue weighted by Crippen LogP contribution is 2.35. The van der Waals surface area contributed by atoms with Crippen LogP contribution in [0.25, 0.3) is 0 Å². The maximum Gasteiger partial charge on any atom is 0.247 e. The first-order valence-electron chi connectivity index (χ1n) is 7.51. The number of morpholine rings is 1. The summed E-state index contributed by atoms with van der Waals surface area (Å²) >= 11 is 5.99. The molecule has 1 saturated carbocycles. The maximum absolute atomic E-state index is 13.1. The monoisotopic (exact) mass is 345 g/mol. The van der Waals surface area contributed by atoms with Crippen LogP contribution in [0.1, 0.15) is 25.7 Å². The van der Waals surface area contributed by atoms with Gasteiger partial charge in [0.25, 0.3) is 0 Å². The molecule has 0 bridgehead atoms. The minimum Gasteiger partial charge on any atom is -0.495 e. The fourth-order valence-corrected chi connectivity index (χ4v) is 5.42. The summed E-state index contributed by atoms with van der Waals surface area (Å²) in [6.07, 6.45) is 3.89. The Morgan fingerprint density at radius 1 is 1.32 bits per heavy atom. The summed E-state index contributed by atoms with van der Waals surface area (Å²) in [5.74, 6) is 0.322. The van der Waals surface area contributed by atoms with E-state index in [0.717, 1.165) is 25.7 Å². The molecule has 1 aromatic rings. The Hall–Kier alpha value is -0.820. The molecule has 1 aromatic carbocycles. The van der Waals surface area contributed by atoms with E-state index in [4.69, 9.17) is 21.1 Å². The molecule has 2 aliphatic rings. The first-order chi connectivity index (χ1) is 10.5. The van der Waals surface area contributed by atoms with E-state index in [2.05, 4.69) is 0 Å². The predicted molar refractivity (Wildman–Crippen MR) is 83.9 cm³/mol. The van der Waals surface area contributed by atoms with Crippen molar-refractivity contribution in [1.82, 2.24) is 4.31 Å². The van der Waals surface area contributed by atoms with Crippen molar-refractivity contribution in [2.75, 3.05) is 20.3 Å². The van der Waals surface area contributed by atoms with Gasteiger partial charge in [-0.3, -0.25) is 0 Å². The van der Waals surface area contributed by atoms with Crippen molar-refractivity contribution in [3.8, 4) is 5.75 Å². The summed E-state index contributed by atoms with van der Waals surface area (Å²) in [5, 5.41) is 0.382. The summed E-state index contributed by atoms with van der Waals surface area (Å²) in [7, 11) is -2.19. The number of ether oxygens (including phenoxy) is 2. The normalized spacial score (nSPS) is 26.5. The maximum atomic E-state index is 13.1. The molecule has 122 valence electrons. The topological polar surface area (TPSA) is 55.8 Å². The average molecular weight is 346 g/mol. The fraction of sp³-hybridized carbons (Fsp3) is 0.600. The number of hydrogen-bond donors (Lipinski definition) is 0. The van der Waals surface area contributed by atoms with Crippen LogP contribution in [0.2, 0.25) is 5.02 Å². The second-order valence-corrected chi connectivity index (χ2v) is 7.97. The van der Waals surface area contributed by atoms with E-state index >= 15 is 0 Å². The van der Waals surface area contributed by atoms with E-state index in [1.54, 1.807) is 16.4 Å². The summed E-state index contributed by atoms with van der Waals surface area (Å²) in [4.78, 5) is 0.133. The van der Waals surface area contributed by atoms with Gasteiger partial charge in [-0.15, -0.1) is 0 Å². The number of fused-ring (bicyclic) bond motifs is 1. The van der Waals surface area contributed by atoms with Crippen molar-refractivity contribution in [2.45, 2.75) is 42.7 Å². The lowest BCUT2D eigenvalue weighted by atomic mass is 9.91. The second kappa shape index (κ2) is 6.35. The molecule has 1 aliphatic heterocycles. The molecular weight excluding hydrogens is 326 g/mol. The van der Waals surface area contributed by atoms with Crippen molar-refractivity contribution in [2.24, 2.45) is 0 Å². The Balaban J connectivity index is 2.00. The van der Waals surface area contributed by atoms with Gasteiger partial charge in [0, 0.05) is 11.6 Å². The first kappa shape index (κ1) is 16.1. The first-order valence-corrected chi connectivity index (χ1v) is 9.33. The highest BCUT2D eigenvalue weighted by molar-refractivity contribution is 7.89. The Kier molecular flexibility index (Phi) is 4.64. The van der Waals surface area contributed by atoms with Crippen LogP contribution in [0, 0.1) is 0 Å². The molecule has 2 unspecified atom stereocenters. The quantitative estimate of drug-likeness (QED) is 0.845. The molecule has 22 heavy (non-hydrogen) atoms. The summed E-state index contributed by atoms with van der Waals surface area (Å²) in [6.45, 7) is 0.808. The predicted octanol–water partition coefficient (Wildman–Crippen LogP) is 2.68. The number of nitrogens with zero attached hydrogens (tertiary/aromatic N) is 1. The van der Waals surface area contributed by atoms with E-state index in [1.165, 1.54) is 13.2 Å². The van der Waals surface area contributed by atoms with Gasteiger partial charge in [-0.2, -0.15) is 4.31 Å². The van der Waals surface area contributed by atoms with Gasteiger partial charge in [0.15, 0.2) is 0 Å². The van der Waals surface area contributed by atoms with Crippen molar-refractivity contribution in [1.29, 1.82) is 0 Å². The fourth-order valence-electron chi connectivity index (χ4n) is 3.34. The second-order valence-electron chi connectivity index (χ2n) is 5.67. The Bertz CT molecular complexity index is 647.